The van der Waals surface area contributed by atoms with Crippen LogP contribution in [-0.4, -0.2) is 17.5 Å². The average Bonchev–Trinajstić information content (AvgIpc) is 2.50. The number of benzene rings is 2. The van der Waals surface area contributed by atoms with Crippen LogP contribution in [0.5, 0.6) is 0 Å². The van der Waals surface area contributed by atoms with Crippen LogP contribution in [0.3, 0.4) is 0 Å². The van der Waals surface area contributed by atoms with Gasteiger partial charge in [0.05, 0.1) is 15.6 Å². The lowest BCUT2D eigenvalue weighted by Gasteiger charge is -2.11. The SMILES string of the molecule is Cc1cc(C)c(C(=O)[PH](=O)CCC(=O)c2c(Cl)cc(Cl)cc2Cl)c(C)c1. The molecule has 2 aromatic carbocycles. The van der Waals surface area contributed by atoms with Crippen molar-refractivity contribution in [3.05, 3.63) is 67.2 Å². The van der Waals surface area contributed by atoms with Crippen molar-refractivity contribution in [1.29, 1.82) is 0 Å². The van der Waals surface area contributed by atoms with Crippen LogP contribution >= 0.6 is 42.6 Å². The van der Waals surface area contributed by atoms with Crippen LogP contribution in [0.2, 0.25) is 15.1 Å². The highest BCUT2D eigenvalue weighted by Gasteiger charge is 2.22. The molecule has 1 atom stereocenters. The molecule has 0 fully saturated rings. The number of hydrogen-bond acceptors (Lipinski definition) is 3. The van der Waals surface area contributed by atoms with Crippen LogP contribution in [0, 0.1) is 20.8 Å². The molecule has 0 N–H and O–H groups in total. The van der Waals surface area contributed by atoms with E-state index in [1.165, 1.54) is 12.1 Å². The first-order valence-electron chi connectivity index (χ1n) is 7.95. The number of Topliss-reactive ketones (excluding diaryl/α,β-unsaturated/α-hetero) is 1. The van der Waals surface area contributed by atoms with Crippen LogP contribution < -0.4 is 0 Å². The maximum atomic E-state index is 12.6. The van der Waals surface area contributed by atoms with Crippen molar-refractivity contribution in [3.8, 4) is 0 Å². The Hall–Kier alpha value is -1.12. The summed E-state index contributed by atoms with van der Waals surface area (Å²) >= 11 is 17.9. The van der Waals surface area contributed by atoms with E-state index in [0.29, 0.717) is 10.6 Å². The van der Waals surface area contributed by atoms with E-state index in [-0.39, 0.29) is 34.0 Å². The molecular weight excluding hydrogens is 414 g/mol. The zero-order valence-electron chi connectivity index (χ0n) is 14.6. The molecule has 0 aliphatic carbocycles. The quantitative estimate of drug-likeness (QED) is 0.385. The van der Waals surface area contributed by atoms with Gasteiger partial charge in [0.25, 0.3) is 0 Å². The summed E-state index contributed by atoms with van der Waals surface area (Å²) in [4.78, 5) is 25.0. The minimum Gasteiger partial charge on any atom is -0.318 e. The van der Waals surface area contributed by atoms with Gasteiger partial charge in [-0.1, -0.05) is 52.5 Å². The number of halogens is 3. The zero-order chi connectivity index (χ0) is 19.6. The normalized spacial score (nSPS) is 12.1. The van der Waals surface area contributed by atoms with Crippen LogP contribution in [0.15, 0.2) is 24.3 Å². The fourth-order valence-corrected chi connectivity index (χ4v) is 5.33. The lowest BCUT2D eigenvalue weighted by atomic mass is 10.0. The van der Waals surface area contributed by atoms with E-state index in [9.17, 15) is 14.2 Å². The molecule has 26 heavy (non-hydrogen) atoms. The van der Waals surface area contributed by atoms with E-state index in [2.05, 4.69) is 0 Å². The number of ketones is 1. The molecule has 0 bridgehead atoms. The molecule has 0 saturated carbocycles. The Kier molecular flexibility index (Phi) is 7.10. The van der Waals surface area contributed by atoms with Crippen LogP contribution in [-0.2, 0) is 4.57 Å². The van der Waals surface area contributed by atoms with Gasteiger partial charge in [-0.05, 0) is 44.0 Å². The Morgan fingerprint density at radius 3 is 1.88 bits per heavy atom. The first-order chi connectivity index (χ1) is 12.1. The van der Waals surface area contributed by atoms with Gasteiger partial charge >= 0.3 is 0 Å². The largest absolute Gasteiger partial charge is 0.318 e. The Labute approximate surface area is 168 Å². The summed E-state index contributed by atoms with van der Waals surface area (Å²) in [5.41, 5.74) is 2.85. The minimum absolute atomic E-state index is 0.0234. The Morgan fingerprint density at radius 2 is 1.38 bits per heavy atom. The van der Waals surface area contributed by atoms with Crippen molar-refractivity contribution < 1.29 is 14.2 Å². The minimum atomic E-state index is -2.63. The van der Waals surface area contributed by atoms with Gasteiger partial charge in [0.1, 0.15) is 7.80 Å². The number of aryl methyl sites for hydroxylation is 3. The Bertz CT molecular complexity index is 876. The zero-order valence-corrected chi connectivity index (χ0v) is 17.9. The molecule has 0 saturated heterocycles. The van der Waals surface area contributed by atoms with Crippen molar-refractivity contribution in [2.45, 2.75) is 27.2 Å². The molecule has 1 unspecified atom stereocenters. The van der Waals surface area contributed by atoms with Gasteiger partial charge < -0.3 is 4.57 Å². The molecule has 0 radical (unpaired) electrons. The third-order valence-corrected chi connectivity index (χ3v) is 6.30. The first-order valence-corrected chi connectivity index (χ1v) is 10.7. The highest BCUT2D eigenvalue weighted by Crippen LogP contribution is 2.34. The lowest BCUT2D eigenvalue weighted by molar-refractivity contribution is 0.0989. The Morgan fingerprint density at radius 1 is 0.885 bits per heavy atom. The van der Waals surface area contributed by atoms with Gasteiger partial charge in [-0.2, -0.15) is 0 Å². The van der Waals surface area contributed by atoms with E-state index < -0.39 is 13.3 Å². The third-order valence-electron chi connectivity index (χ3n) is 4.02. The molecule has 2 aromatic rings. The molecule has 138 valence electrons. The second kappa shape index (κ2) is 8.71. The first kappa shape index (κ1) is 21.2. The molecule has 2 rings (SSSR count). The predicted octanol–water partition coefficient (Wildman–Crippen LogP) is 6.54. The molecule has 0 aliphatic rings. The number of hydrogen-bond donors (Lipinski definition) is 0. The standard InChI is InChI=1S/C19H18Cl3O3P/c1-10-6-11(2)17(12(3)7-10)19(24)26(25)5-4-16(23)18-14(21)8-13(20)9-15(18)22/h6-9,26H,4-5H2,1-3H3. The van der Waals surface area contributed by atoms with Crippen molar-refractivity contribution in [3.63, 3.8) is 0 Å². The summed E-state index contributed by atoms with van der Waals surface area (Å²) in [6, 6.07) is 6.62. The molecule has 7 heteroatoms. The van der Waals surface area contributed by atoms with Crippen molar-refractivity contribution in [2.24, 2.45) is 0 Å². The number of rotatable bonds is 6. The van der Waals surface area contributed by atoms with Crippen molar-refractivity contribution >= 4 is 53.9 Å². The molecule has 0 aliphatic heterocycles. The highest BCUT2D eigenvalue weighted by atomic mass is 35.5. The predicted molar refractivity (Wildman–Crippen MR) is 109 cm³/mol. The van der Waals surface area contributed by atoms with Gasteiger partial charge in [0.2, 0.25) is 5.52 Å². The van der Waals surface area contributed by atoms with E-state index in [1.54, 1.807) is 0 Å². The van der Waals surface area contributed by atoms with E-state index in [4.69, 9.17) is 34.8 Å². The van der Waals surface area contributed by atoms with Crippen LogP contribution in [0.4, 0.5) is 0 Å². The summed E-state index contributed by atoms with van der Waals surface area (Å²) in [6.07, 6.45) is -0.0983. The highest BCUT2D eigenvalue weighted by molar-refractivity contribution is 7.64. The molecule has 0 spiro atoms. The van der Waals surface area contributed by atoms with Crippen LogP contribution in [0.25, 0.3) is 0 Å². The van der Waals surface area contributed by atoms with Gasteiger partial charge in [-0.15, -0.1) is 0 Å². The lowest BCUT2D eigenvalue weighted by Crippen LogP contribution is -2.06. The molecule has 0 heterocycles. The Balaban J connectivity index is 2.14. The summed E-state index contributed by atoms with van der Waals surface area (Å²) in [5.74, 6) is -0.361. The fraction of sp³-hybridized carbons (Fsp3) is 0.263. The topological polar surface area (TPSA) is 51.2 Å². The smallest absolute Gasteiger partial charge is 0.219 e. The van der Waals surface area contributed by atoms with Gasteiger partial charge in [0.15, 0.2) is 5.78 Å². The molecular formula is C19H18Cl3O3P. The average molecular weight is 432 g/mol. The van der Waals surface area contributed by atoms with E-state index >= 15 is 0 Å². The summed E-state index contributed by atoms with van der Waals surface area (Å²) in [5, 5.41) is 0.609. The molecule has 0 amide bonds. The van der Waals surface area contributed by atoms with Gasteiger partial charge in [-0.25, -0.2) is 0 Å². The van der Waals surface area contributed by atoms with Gasteiger partial charge in [0, 0.05) is 23.2 Å². The maximum absolute atomic E-state index is 12.6. The van der Waals surface area contributed by atoms with E-state index in [1.807, 2.05) is 32.9 Å². The fourth-order valence-electron chi connectivity index (χ4n) is 2.95. The maximum Gasteiger partial charge on any atom is 0.219 e. The van der Waals surface area contributed by atoms with Gasteiger partial charge in [-0.3, -0.25) is 9.59 Å². The third kappa shape index (κ3) is 4.78. The number of carbonyl (C=O) groups excluding carboxylic acids is 2. The van der Waals surface area contributed by atoms with Crippen molar-refractivity contribution in [2.75, 3.05) is 6.16 Å². The summed E-state index contributed by atoms with van der Waals surface area (Å²) in [6.45, 7) is 5.58. The summed E-state index contributed by atoms with van der Waals surface area (Å²) < 4.78 is 12.5. The van der Waals surface area contributed by atoms with Crippen molar-refractivity contribution in [1.82, 2.24) is 0 Å². The molecule has 3 nitrogen and oxygen atoms in total. The van der Waals surface area contributed by atoms with Crippen LogP contribution in [0.1, 0.15) is 43.8 Å². The second-order valence-electron chi connectivity index (χ2n) is 6.19. The second-order valence-corrected chi connectivity index (χ2v) is 9.24. The molecule has 0 aromatic heterocycles. The van der Waals surface area contributed by atoms with E-state index in [0.717, 1.165) is 16.7 Å². The monoisotopic (exact) mass is 430 g/mol. The summed E-state index contributed by atoms with van der Waals surface area (Å²) in [7, 11) is -2.63. The number of carbonyl (C=O) groups is 2.